The Morgan fingerprint density at radius 3 is 2.53 bits per heavy atom. The highest BCUT2D eigenvalue weighted by Gasteiger charge is 2.26. The van der Waals surface area contributed by atoms with Crippen LogP contribution in [0.15, 0.2) is 42.7 Å². The van der Waals surface area contributed by atoms with Gasteiger partial charge in [-0.25, -0.2) is 0 Å². The number of carbonyl (C=O) groups excluding carboxylic acids is 2. The second kappa shape index (κ2) is 9.34. The monoisotopic (exact) mass is 407 g/mol. The lowest BCUT2D eigenvalue weighted by atomic mass is 9.92. The first kappa shape index (κ1) is 20.5. The SMILES string of the molecule is CN1CCC[C@H](NC(=O)c2ccc(C3CCN(C(=O)c4ccccn4)CC3)nc2)C1. The average Bonchev–Trinajstić information content (AvgIpc) is 2.79. The minimum absolute atomic E-state index is 0.0117. The Balaban J connectivity index is 1.30. The van der Waals surface area contributed by atoms with Crippen LogP contribution >= 0.6 is 0 Å². The van der Waals surface area contributed by atoms with E-state index < -0.39 is 0 Å². The first-order valence-corrected chi connectivity index (χ1v) is 10.8. The molecule has 1 N–H and O–H groups in total. The highest BCUT2D eigenvalue weighted by Crippen LogP contribution is 2.27. The summed E-state index contributed by atoms with van der Waals surface area (Å²) in [5.41, 5.74) is 2.09. The second-order valence-electron chi connectivity index (χ2n) is 8.33. The Morgan fingerprint density at radius 2 is 1.87 bits per heavy atom. The van der Waals surface area contributed by atoms with Crippen LogP contribution in [0.25, 0.3) is 0 Å². The van der Waals surface area contributed by atoms with Crippen LogP contribution in [0, 0.1) is 0 Å². The van der Waals surface area contributed by atoms with Gasteiger partial charge in [0.25, 0.3) is 11.8 Å². The lowest BCUT2D eigenvalue weighted by Crippen LogP contribution is -2.46. The summed E-state index contributed by atoms with van der Waals surface area (Å²) in [5.74, 6) is 0.245. The van der Waals surface area contributed by atoms with Crippen molar-refractivity contribution >= 4 is 11.8 Å². The van der Waals surface area contributed by atoms with Gasteiger partial charge in [-0.2, -0.15) is 0 Å². The van der Waals surface area contributed by atoms with Crippen molar-refractivity contribution < 1.29 is 9.59 Å². The van der Waals surface area contributed by atoms with Crippen molar-refractivity contribution in [1.29, 1.82) is 0 Å². The number of aromatic nitrogens is 2. The number of nitrogens with one attached hydrogen (secondary N) is 1. The van der Waals surface area contributed by atoms with E-state index in [-0.39, 0.29) is 17.9 Å². The molecule has 0 bridgehead atoms. The van der Waals surface area contributed by atoms with Crippen LogP contribution in [0.3, 0.4) is 0 Å². The maximum atomic E-state index is 12.5. The Bertz CT molecular complexity index is 863. The molecular weight excluding hydrogens is 378 g/mol. The molecule has 0 unspecified atom stereocenters. The van der Waals surface area contributed by atoms with Gasteiger partial charge >= 0.3 is 0 Å². The molecule has 2 aliphatic heterocycles. The summed E-state index contributed by atoms with van der Waals surface area (Å²) in [5, 5.41) is 3.13. The van der Waals surface area contributed by atoms with Crippen molar-refractivity contribution in [3.8, 4) is 0 Å². The van der Waals surface area contributed by atoms with E-state index in [1.807, 2.05) is 29.2 Å². The molecule has 2 saturated heterocycles. The molecule has 0 saturated carbocycles. The number of nitrogens with zero attached hydrogens (tertiary/aromatic N) is 4. The summed E-state index contributed by atoms with van der Waals surface area (Å²) >= 11 is 0. The largest absolute Gasteiger partial charge is 0.348 e. The molecule has 2 aromatic heterocycles. The number of hydrogen-bond acceptors (Lipinski definition) is 5. The molecule has 4 heterocycles. The quantitative estimate of drug-likeness (QED) is 0.842. The normalized spacial score (nSPS) is 20.7. The first-order chi connectivity index (χ1) is 14.6. The van der Waals surface area contributed by atoms with Gasteiger partial charge in [-0.3, -0.25) is 19.6 Å². The van der Waals surface area contributed by atoms with Crippen molar-refractivity contribution in [2.24, 2.45) is 0 Å². The van der Waals surface area contributed by atoms with E-state index in [9.17, 15) is 9.59 Å². The van der Waals surface area contributed by atoms with E-state index in [1.165, 1.54) is 0 Å². The molecule has 0 aromatic carbocycles. The predicted molar refractivity (Wildman–Crippen MR) is 114 cm³/mol. The molecule has 2 aliphatic rings. The molecular formula is C23H29N5O2. The van der Waals surface area contributed by atoms with Crippen LogP contribution in [0.1, 0.15) is 58.1 Å². The van der Waals surface area contributed by atoms with Gasteiger partial charge in [-0.05, 0) is 63.5 Å². The summed E-state index contributed by atoms with van der Waals surface area (Å²) in [6.45, 7) is 3.38. The van der Waals surface area contributed by atoms with Crippen molar-refractivity contribution in [2.75, 3.05) is 33.2 Å². The topological polar surface area (TPSA) is 78.4 Å². The highest BCUT2D eigenvalue weighted by atomic mass is 16.2. The molecule has 1 atom stereocenters. The zero-order valence-corrected chi connectivity index (χ0v) is 17.5. The summed E-state index contributed by atoms with van der Waals surface area (Å²) < 4.78 is 0. The third kappa shape index (κ3) is 4.84. The van der Waals surface area contributed by atoms with Gasteiger partial charge in [0.2, 0.25) is 0 Å². The number of amides is 2. The highest BCUT2D eigenvalue weighted by molar-refractivity contribution is 5.94. The van der Waals surface area contributed by atoms with Crippen LogP contribution in [-0.2, 0) is 0 Å². The van der Waals surface area contributed by atoms with Crippen molar-refractivity contribution in [1.82, 2.24) is 25.1 Å². The molecule has 158 valence electrons. The number of likely N-dealkylation sites (N-methyl/N-ethyl adjacent to an activating group) is 1. The summed E-state index contributed by atoms with van der Waals surface area (Å²) in [6.07, 6.45) is 7.20. The molecule has 30 heavy (non-hydrogen) atoms. The van der Waals surface area contributed by atoms with Gasteiger partial charge in [0.15, 0.2) is 0 Å². The van der Waals surface area contributed by atoms with Crippen molar-refractivity contribution in [3.63, 3.8) is 0 Å². The van der Waals surface area contributed by atoms with Crippen LogP contribution in [0.4, 0.5) is 0 Å². The number of pyridine rings is 2. The molecule has 2 aromatic rings. The minimum atomic E-state index is -0.0508. The maximum Gasteiger partial charge on any atom is 0.272 e. The average molecular weight is 408 g/mol. The number of likely N-dealkylation sites (tertiary alicyclic amines) is 2. The summed E-state index contributed by atoms with van der Waals surface area (Å²) in [4.78, 5) is 37.9. The molecule has 0 spiro atoms. The smallest absolute Gasteiger partial charge is 0.272 e. The first-order valence-electron chi connectivity index (χ1n) is 10.8. The Labute approximate surface area is 177 Å². The molecule has 7 nitrogen and oxygen atoms in total. The lowest BCUT2D eigenvalue weighted by molar-refractivity contribution is 0.0705. The predicted octanol–water partition coefficient (Wildman–Crippen LogP) is 2.32. The fourth-order valence-electron chi connectivity index (χ4n) is 4.36. The number of hydrogen-bond donors (Lipinski definition) is 1. The molecule has 2 fully saturated rings. The second-order valence-corrected chi connectivity index (χ2v) is 8.33. The van der Waals surface area contributed by atoms with Crippen LogP contribution < -0.4 is 5.32 Å². The van der Waals surface area contributed by atoms with Gasteiger partial charge in [0, 0.05) is 49.7 Å². The molecule has 0 radical (unpaired) electrons. The van der Waals surface area contributed by atoms with Gasteiger partial charge in [0.1, 0.15) is 5.69 Å². The Kier molecular flexibility index (Phi) is 6.38. The molecule has 4 rings (SSSR count). The zero-order chi connectivity index (χ0) is 20.9. The number of carbonyl (C=O) groups is 2. The van der Waals surface area contributed by atoms with Crippen LogP contribution in [0.5, 0.6) is 0 Å². The van der Waals surface area contributed by atoms with E-state index in [0.29, 0.717) is 30.3 Å². The fourth-order valence-corrected chi connectivity index (χ4v) is 4.36. The van der Waals surface area contributed by atoms with Gasteiger partial charge in [-0.1, -0.05) is 6.07 Å². The van der Waals surface area contributed by atoms with Gasteiger partial charge < -0.3 is 15.1 Å². The third-order valence-corrected chi connectivity index (χ3v) is 6.09. The van der Waals surface area contributed by atoms with Crippen molar-refractivity contribution in [2.45, 2.75) is 37.6 Å². The number of piperidine rings is 2. The Morgan fingerprint density at radius 1 is 1.03 bits per heavy atom. The van der Waals surface area contributed by atoms with Crippen LogP contribution in [-0.4, -0.2) is 70.9 Å². The van der Waals surface area contributed by atoms with Gasteiger partial charge in [0.05, 0.1) is 5.56 Å². The fraction of sp³-hybridized carbons (Fsp3) is 0.478. The maximum absolute atomic E-state index is 12.5. The lowest BCUT2D eigenvalue weighted by Gasteiger charge is -2.31. The van der Waals surface area contributed by atoms with Crippen molar-refractivity contribution in [3.05, 3.63) is 59.7 Å². The third-order valence-electron chi connectivity index (χ3n) is 6.09. The summed E-state index contributed by atoms with van der Waals surface area (Å²) in [7, 11) is 2.09. The number of rotatable bonds is 4. The van der Waals surface area contributed by atoms with E-state index in [4.69, 9.17) is 0 Å². The summed E-state index contributed by atoms with van der Waals surface area (Å²) in [6, 6.07) is 9.44. The minimum Gasteiger partial charge on any atom is -0.348 e. The zero-order valence-electron chi connectivity index (χ0n) is 17.5. The molecule has 0 aliphatic carbocycles. The standard InChI is InChI=1S/C23H29N5O2/c1-27-12-4-5-19(16-27)26-22(29)18-7-8-20(25-15-18)17-9-13-28(14-10-17)23(30)21-6-2-3-11-24-21/h2-3,6-8,11,15,17,19H,4-5,9-10,12-14,16H2,1H3,(H,26,29)/t19-/m0/s1. The van der Waals surface area contributed by atoms with Gasteiger partial charge in [-0.15, -0.1) is 0 Å². The Hall–Kier alpha value is -2.80. The van der Waals surface area contributed by atoms with Crippen LogP contribution in [0.2, 0.25) is 0 Å². The van der Waals surface area contributed by atoms with E-state index in [1.54, 1.807) is 18.5 Å². The molecule has 2 amide bonds. The van der Waals surface area contributed by atoms with E-state index in [2.05, 4.69) is 27.2 Å². The molecule has 7 heteroatoms. The van der Waals surface area contributed by atoms with E-state index in [0.717, 1.165) is 44.5 Å². The van der Waals surface area contributed by atoms with E-state index >= 15 is 0 Å².